The van der Waals surface area contributed by atoms with Gasteiger partial charge in [0.25, 0.3) is 5.91 Å². The third kappa shape index (κ3) is 3.97. The second-order valence-corrected chi connectivity index (χ2v) is 4.69. The van der Waals surface area contributed by atoms with Gasteiger partial charge in [-0.3, -0.25) is 4.79 Å². The van der Waals surface area contributed by atoms with E-state index >= 15 is 0 Å². The van der Waals surface area contributed by atoms with Crippen LogP contribution in [0.4, 0.5) is 5.82 Å². The fourth-order valence-corrected chi connectivity index (χ4v) is 1.01. The highest BCUT2D eigenvalue weighted by Crippen LogP contribution is 2.10. The molecule has 0 bridgehead atoms. The molecule has 1 aromatic rings. The van der Waals surface area contributed by atoms with Crippen molar-refractivity contribution in [2.75, 3.05) is 12.3 Å². The minimum Gasteiger partial charge on any atom is -0.384 e. The third-order valence-electron chi connectivity index (χ3n) is 1.78. The molecule has 4 nitrogen and oxygen atoms in total. The highest BCUT2D eigenvalue weighted by molar-refractivity contribution is 5.92. The highest BCUT2D eigenvalue weighted by atomic mass is 16.1. The highest BCUT2D eigenvalue weighted by Gasteiger charge is 2.13. The zero-order chi connectivity index (χ0) is 11.5. The number of aromatic nitrogens is 1. The van der Waals surface area contributed by atoms with E-state index in [0.29, 0.717) is 18.1 Å². The maximum absolute atomic E-state index is 11.6. The number of carbonyl (C=O) groups is 1. The Morgan fingerprint density at radius 2 is 2.13 bits per heavy atom. The summed E-state index contributed by atoms with van der Waals surface area (Å²) in [6.45, 7) is 6.78. The lowest BCUT2D eigenvalue weighted by atomic mass is 9.97. The normalized spacial score (nSPS) is 11.1. The van der Waals surface area contributed by atoms with Crippen LogP contribution in [0.5, 0.6) is 0 Å². The van der Waals surface area contributed by atoms with Crippen molar-refractivity contribution in [1.82, 2.24) is 10.3 Å². The molecule has 1 heterocycles. The zero-order valence-corrected chi connectivity index (χ0v) is 9.37. The maximum Gasteiger partial charge on any atom is 0.269 e. The summed E-state index contributed by atoms with van der Waals surface area (Å²) in [5, 5.41) is 2.81. The van der Waals surface area contributed by atoms with E-state index in [4.69, 9.17) is 5.73 Å². The molecule has 0 aliphatic heterocycles. The Balaban J connectivity index is 2.62. The van der Waals surface area contributed by atoms with Crippen LogP contribution in [-0.2, 0) is 0 Å². The molecule has 0 atom stereocenters. The van der Waals surface area contributed by atoms with Crippen LogP contribution in [0.15, 0.2) is 18.2 Å². The van der Waals surface area contributed by atoms with Crippen LogP contribution >= 0.6 is 0 Å². The van der Waals surface area contributed by atoms with Gasteiger partial charge in [0.15, 0.2) is 0 Å². The molecule has 0 saturated carbocycles. The van der Waals surface area contributed by atoms with Gasteiger partial charge in [-0.05, 0) is 17.5 Å². The average Bonchev–Trinajstić information content (AvgIpc) is 2.13. The second kappa shape index (κ2) is 4.29. The van der Waals surface area contributed by atoms with E-state index in [1.165, 1.54) is 0 Å². The summed E-state index contributed by atoms with van der Waals surface area (Å²) in [4.78, 5) is 15.6. The summed E-state index contributed by atoms with van der Waals surface area (Å²) >= 11 is 0. The first-order chi connectivity index (χ1) is 6.88. The Bertz CT molecular complexity index is 355. The van der Waals surface area contributed by atoms with E-state index in [0.717, 1.165) is 0 Å². The van der Waals surface area contributed by atoms with Gasteiger partial charge in [-0.15, -0.1) is 0 Å². The largest absolute Gasteiger partial charge is 0.384 e. The average molecular weight is 207 g/mol. The van der Waals surface area contributed by atoms with Crippen molar-refractivity contribution in [3.05, 3.63) is 23.9 Å². The van der Waals surface area contributed by atoms with Gasteiger partial charge in [-0.2, -0.15) is 0 Å². The molecule has 3 N–H and O–H groups in total. The molecule has 0 spiro atoms. The first-order valence-corrected chi connectivity index (χ1v) is 4.89. The van der Waals surface area contributed by atoms with Gasteiger partial charge in [0, 0.05) is 6.54 Å². The van der Waals surface area contributed by atoms with Crippen LogP contribution in [0.2, 0.25) is 0 Å². The molecule has 0 saturated heterocycles. The van der Waals surface area contributed by atoms with E-state index < -0.39 is 0 Å². The van der Waals surface area contributed by atoms with Crippen LogP contribution in [0.1, 0.15) is 31.3 Å². The Hall–Kier alpha value is -1.58. The van der Waals surface area contributed by atoms with Crippen LogP contribution in [0, 0.1) is 5.41 Å². The van der Waals surface area contributed by atoms with E-state index in [1.54, 1.807) is 18.2 Å². The lowest BCUT2D eigenvalue weighted by molar-refractivity contribution is 0.0934. The first kappa shape index (κ1) is 11.5. The van der Waals surface area contributed by atoms with Gasteiger partial charge >= 0.3 is 0 Å². The van der Waals surface area contributed by atoms with Gasteiger partial charge in [0.2, 0.25) is 0 Å². The maximum atomic E-state index is 11.6. The zero-order valence-electron chi connectivity index (χ0n) is 9.37. The Morgan fingerprint density at radius 3 is 2.67 bits per heavy atom. The summed E-state index contributed by atoms with van der Waals surface area (Å²) in [6.07, 6.45) is 0. The Kier molecular flexibility index (Phi) is 3.29. The molecule has 0 aromatic carbocycles. The minimum absolute atomic E-state index is 0.0655. The summed E-state index contributed by atoms with van der Waals surface area (Å²) in [7, 11) is 0. The SMILES string of the molecule is CC(C)(C)CNC(=O)c1cccc(N)n1. The fourth-order valence-electron chi connectivity index (χ4n) is 1.01. The van der Waals surface area contributed by atoms with Gasteiger partial charge in [-0.1, -0.05) is 26.8 Å². The molecular formula is C11H17N3O. The van der Waals surface area contributed by atoms with Crippen molar-refractivity contribution in [2.24, 2.45) is 5.41 Å². The number of hydrogen-bond donors (Lipinski definition) is 2. The molecule has 4 heteroatoms. The number of nitrogens with one attached hydrogen (secondary N) is 1. The molecule has 82 valence electrons. The molecule has 1 amide bonds. The lowest BCUT2D eigenvalue weighted by Crippen LogP contribution is -2.32. The molecule has 0 aliphatic carbocycles. The standard InChI is InChI=1S/C11H17N3O/c1-11(2,3)7-13-10(15)8-5-4-6-9(12)14-8/h4-6H,7H2,1-3H3,(H2,12,14)(H,13,15). The van der Waals surface area contributed by atoms with Gasteiger partial charge in [0.05, 0.1) is 0 Å². The quantitative estimate of drug-likeness (QED) is 0.771. The van der Waals surface area contributed by atoms with Crippen LogP contribution in [0.25, 0.3) is 0 Å². The molecular weight excluding hydrogens is 190 g/mol. The molecule has 0 unspecified atom stereocenters. The molecule has 1 aromatic heterocycles. The van der Waals surface area contributed by atoms with Gasteiger partial charge in [-0.25, -0.2) is 4.98 Å². The second-order valence-electron chi connectivity index (χ2n) is 4.69. The smallest absolute Gasteiger partial charge is 0.269 e. The van der Waals surface area contributed by atoms with E-state index in [1.807, 2.05) is 0 Å². The molecule has 0 radical (unpaired) electrons. The van der Waals surface area contributed by atoms with Crippen LogP contribution in [0.3, 0.4) is 0 Å². The summed E-state index contributed by atoms with van der Waals surface area (Å²) < 4.78 is 0. The van der Waals surface area contributed by atoms with Crippen molar-refractivity contribution in [1.29, 1.82) is 0 Å². The number of amides is 1. The lowest BCUT2D eigenvalue weighted by Gasteiger charge is -2.18. The number of nitrogen functional groups attached to an aromatic ring is 1. The summed E-state index contributed by atoms with van der Waals surface area (Å²) in [6, 6.07) is 5.02. The Morgan fingerprint density at radius 1 is 1.47 bits per heavy atom. The number of nitrogens with zero attached hydrogens (tertiary/aromatic N) is 1. The number of hydrogen-bond acceptors (Lipinski definition) is 3. The predicted molar refractivity (Wildman–Crippen MR) is 60.4 cm³/mol. The summed E-state index contributed by atoms with van der Waals surface area (Å²) in [5.74, 6) is 0.177. The third-order valence-corrected chi connectivity index (χ3v) is 1.78. The van der Waals surface area contributed by atoms with Crippen LogP contribution in [-0.4, -0.2) is 17.4 Å². The minimum atomic E-state index is -0.183. The molecule has 15 heavy (non-hydrogen) atoms. The number of carbonyl (C=O) groups excluding carboxylic acids is 1. The number of anilines is 1. The van der Waals surface area contributed by atoms with E-state index in [9.17, 15) is 4.79 Å². The molecule has 0 fully saturated rings. The predicted octanol–water partition coefficient (Wildman–Crippen LogP) is 1.44. The van der Waals surface area contributed by atoms with Gasteiger partial charge < -0.3 is 11.1 Å². The van der Waals surface area contributed by atoms with Crippen LogP contribution < -0.4 is 11.1 Å². The van der Waals surface area contributed by atoms with Gasteiger partial charge in [0.1, 0.15) is 11.5 Å². The first-order valence-electron chi connectivity index (χ1n) is 4.89. The topological polar surface area (TPSA) is 68.0 Å². The van der Waals surface area contributed by atoms with Crippen molar-refractivity contribution in [2.45, 2.75) is 20.8 Å². The van der Waals surface area contributed by atoms with E-state index in [2.05, 4.69) is 31.1 Å². The van der Waals surface area contributed by atoms with Crippen molar-refractivity contribution in [3.8, 4) is 0 Å². The number of rotatable bonds is 2. The molecule has 1 rings (SSSR count). The fraction of sp³-hybridized carbons (Fsp3) is 0.455. The summed E-state index contributed by atoms with van der Waals surface area (Å²) in [5.41, 5.74) is 5.91. The van der Waals surface area contributed by atoms with Crippen molar-refractivity contribution >= 4 is 11.7 Å². The molecule has 0 aliphatic rings. The Labute approximate surface area is 89.9 Å². The number of pyridine rings is 1. The van der Waals surface area contributed by atoms with Crippen molar-refractivity contribution in [3.63, 3.8) is 0 Å². The monoisotopic (exact) mass is 207 g/mol. The van der Waals surface area contributed by atoms with E-state index in [-0.39, 0.29) is 11.3 Å². The number of nitrogens with two attached hydrogens (primary N) is 1. The van der Waals surface area contributed by atoms with Crippen molar-refractivity contribution < 1.29 is 4.79 Å².